The maximum absolute atomic E-state index is 6.03. The van der Waals surface area contributed by atoms with E-state index in [1.54, 1.807) is 6.20 Å². The molecule has 186 valence electrons. The Balaban J connectivity index is 1.31. The van der Waals surface area contributed by atoms with Crippen molar-refractivity contribution in [2.45, 2.75) is 6.61 Å². The SMILES string of the molecule is CN1CCN(c2ccc(N(c3ccc(OCc4ccccc4)cc3)c3ccnc4ccnn34)cc2)CC1. The van der Waals surface area contributed by atoms with Crippen LogP contribution in [0.1, 0.15) is 5.56 Å². The summed E-state index contributed by atoms with van der Waals surface area (Å²) in [5.41, 5.74) is 5.27. The Kier molecular flexibility index (Phi) is 6.44. The molecule has 3 heterocycles. The molecule has 3 aromatic carbocycles. The molecule has 37 heavy (non-hydrogen) atoms. The summed E-state index contributed by atoms with van der Waals surface area (Å²) in [6.07, 6.45) is 3.61. The summed E-state index contributed by atoms with van der Waals surface area (Å²) in [6.45, 7) is 4.79. The van der Waals surface area contributed by atoms with Gasteiger partial charge in [0.1, 0.15) is 18.2 Å². The average molecular weight is 491 g/mol. The lowest BCUT2D eigenvalue weighted by Crippen LogP contribution is -2.44. The van der Waals surface area contributed by atoms with Crippen LogP contribution in [0.15, 0.2) is 103 Å². The van der Waals surface area contributed by atoms with E-state index in [4.69, 9.17) is 4.74 Å². The second-order valence-electron chi connectivity index (χ2n) is 9.31. The first-order valence-electron chi connectivity index (χ1n) is 12.6. The molecule has 0 N–H and O–H groups in total. The zero-order chi connectivity index (χ0) is 25.0. The molecule has 1 aliphatic rings. The van der Waals surface area contributed by atoms with Crippen LogP contribution in [0.4, 0.5) is 22.9 Å². The molecule has 0 atom stereocenters. The second kappa shape index (κ2) is 10.3. The number of rotatable bonds is 7. The van der Waals surface area contributed by atoms with Gasteiger partial charge in [-0.1, -0.05) is 30.3 Å². The van der Waals surface area contributed by atoms with Crippen LogP contribution in [0, 0.1) is 0 Å². The van der Waals surface area contributed by atoms with Gasteiger partial charge in [-0.25, -0.2) is 4.98 Å². The molecule has 1 fully saturated rings. The number of fused-ring (bicyclic) bond motifs is 1. The zero-order valence-electron chi connectivity index (χ0n) is 20.9. The van der Waals surface area contributed by atoms with Gasteiger partial charge in [-0.15, -0.1) is 0 Å². The van der Waals surface area contributed by atoms with E-state index in [-0.39, 0.29) is 0 Å². The largest absolute Gasteiger partial charge is 0.489 e. The third kappa shape index (κ3) is 4.99. The normalized spacial score (nSPS) is 14.1. The predicted octanol–water partition coefficient (Wildman–Crippen LogP) is 5.53. The molecule has 0 unspecified atom stereocenters. The molecule has 1 aliphatic heterocycles. The molecule has 0 bridgehead atoms. The number of anilines is 4. The average Bonchev–Trinajstić information content (AvgIpc) is 3.44. The van der Waals surface area contributed by atoms with E-state index in [1.165, 1.54) is 5.69 Å². The second-order valence-corrected chi connectivity index (χ2v) is 9.31. The first-order chi connectivity index (χ1) is 18.2. The van der Waals surface area contributed by atoms with Crippen molar-refractivity contribution in [3.8, 4) is 5.75 Å². The minimum atomic E-state index is 0.538. The summed E-state index contributed by atoms with van der Waals surface area (Å²) in [5, 5.41) is 4.54. The summed E-state index contributed by atoms with van der Waals surface area (Å²) in [5.74, 6) is 1.75. The lowest BCUT2D eigenvalue weighted by Gasteiger charge is -2.34. The molecule has 5 aromatic rings. The van der Waals surface area contributed by atoms with Crippen LogP contribution in [-0.4, -0.2) is 52.7 Å². The minimum absolute atomic E-state index is 0.538. The monoisotopic (exact) mass is 490 g/mol. The van der Waals surface area contributed by atoms with Crippen LogP contribution < -0.4 is 14.5 Å². The Morgan fingerprint density at radius 1 is 0.757 bits per heavy atom. The maximum Gasteiger partial charge on any atom is 0.157 e. The van der Waals surface area contributed by atoms with E-state index < -0.39 is 0 Å². The lowest BCUT2D eigenvalue weighted by atomic mass is 10.2. The first-order valence-corrected chi connectivity index (χ1v) is 12.6. The molecule has 7 nitrogen and oxygen atoms in total. The van der Waals surface area contributed by atoms with Gasteiger partial charge in [0.15, 0.2) is 5.65 Å². The summed E-state index contributed by atoms with van der Waals surface area (Å²) >= 11 is 0. The smallest absolute Gasteiger partial charge is 0.157 e. The predicted molar refractivity (Wildman–Crippen MR) is 148 cm³/mol. The van der Waals surface area contributed by atoms with Crippen molar-refractivity contribution in [1.82, 2.24) is 19.5 Å². The van der Waals surface area contributed by atoms with E-state index in [0.717, 1.165) is 60.3 Å². The standard InChI is InChI=1S/C30H30N6O/c1-33-19-21-34(22-20-33)25-7-9-26(10-8-25)35(30-16-17-31-29-15-18-32-36(29)30)27-11-13-28(14-12-27)37-23-24-5-3-2-4-6-24/h2-18H,19-23H2,1H3. The molecule has 1 saturated heterocycles. The Morgan fingerprint density at radius 2 is 1.46 bits per heavy atom. The topological polar surface area (TPSA) is 49.1 Å². The van der Waals surface area contributed by atoms with E-state index in [9.17, 15) is 0 Å². The highest BCUT2D eigenvalue weighted by Crippen LogP contribution is 2.36. The maximum atomic E-state index is 6.03. The van der Waals surface area contributed by atoms with E-state index in [1.807, 2.05) is 53.2 Å². The van der Waals surface area contributed by atoms with Gasteiger partial charge in [0, 0.05) is 55.5 Å². The van der Waals surface area contributed by atoms with Gasteiger partial charge in [0.25, 0.3) is 0 Å². The molecule has 0 radical (unpaired) electrons. The zero-order valence-corrected chi connectivity index (χ0v) is 20.9. The molecule has 7 heteroatoms. The highest BCUT2D eigenvalue weighted by molar-refractivity contribution is 5.76. The fraction of sp³-hybridized carbons (Fsp3) is 0.200. The Bertz CT molecular complexity index is 1440. The fourth-order valence-corrected chi connectivity index (χ4v) is 4.71. The molecule has 6 rings (SSSR count). The summed E-state index contributed by atoms with van der Waals surface area (Å²) < 4.78 is 7.90. The molecular formula is C30H30N6O. The number of hydrogen-bond donors (Lipinski definition) is 0. The highest BCUT2D eigenvalue weighted by Gasteiger charge is 2.18. The number of piperazine rings is 1. The third-order valence-corrected chi connectivity index (χ3v) is 6.82. The first kappa shape index (κ1) is 23.1. The van der Waals surface area contributed by atoms with E-state index >= 15 is 0 Å². The van der Waals surface area contributed by atoms with E-state index in [0.29, 0.717) is 6.61 Å². The van der Waals surface area contributed by atoms with Gasteiger partial charge in [-0.3, -0.25) is 4.90 Å². The van der Waals surface area contributed by atoms with Crippen molar-refractivity contribution in [3.63, 3.8) is 0 Å². The summed E-state index contributed by atoms with van der Waals surface area (Å²) in [6, 6.07) is 31.1. The molecule has 0 amide bonds. The summed E-state index contributed by atoms with van der Waals surface area (Å²) in [4.78, 5) is 11.5. The van der Waals surface area contributed by atoms with Crippen LogP contribution in [0.5, 0.6) is 5.75 Å². The van der Waals surface area contributed by atoms with Crippen molar-refractivity contribution < 1.29 is 4.74 Å². The van der Waals surface area contributed by atoms with Gasteiger partial charge in [-0.2, -0.15) is 9.61 Å². The van der Waals surface area contributed by atoms with Crippen LogP contribution >= 0.6 is 0 Å². The molecule has 0 aliphatic carbocycles. The Hall–Kier alpha value is -4.36. The quantitative estimate of drug-likeness (QED) is 0.299. The molecular weight excluding hydrogens is 460 g/mol. The van der Waals surface area contributed by atoms with Gasteiger partial charge < -0.3 is 14.5 Å². The molecule has 0 spiro atoms. The minimum Gasteiger partial charge on any atom is -0.489 e. The number of hydrogen-bond acceptors (Lipinski definition) is 6. The third-order valence-electron chi connectivity index (χ3n) is 6.82. The Morgan fingerprint density at radius 3 is 2.19 bits per heavy atom. The van der Waals surface area contributed by atoms with E-state index in [2.05, 4.69) is 80.4 Å². The number of nitrogens with zero attached hydrogens (tertiary/aromatic N) is 6. The molecule has 2 aromatic heterocycles. The van der Waals surface area contributed by atoms with Crippen molar-refractivity contribution in [1.29, 1.82) is 0 Å². The Labute approximate surface area is 217 Å². The van der Waals surface area contributed by atoms with Crippen molar-refractivity contribution in [2.75, 3.05) is 43.0 Å². The van der Waals surface area contributed by atoms with Gasteiger partial charge in [0.2, 0.25) is 0 Å². The van der Waals surface area contributed by atoms with Crippen LogP contribution in [-0.2, 0) is 6.61 Å². The number of benzene rings is 3. The van der Waals surface area contributed by atoms with Gasteiger partial charge in [0.05, 0.1) is 6.20 Å². The van der Waals surface area contributed by atoms with Crippen LogP contribution in [0.2, 0.25) is 0 Å². The number of ether oxygens (including phenoxy) is 1. The summed E-state index contributed by atoms with van der Waals surface area (Å²) in [7, 11) is 2.18. The fourth-order valence-electron chi connectivity index (χ4n) is 4.71. The van der Waals surface area contributed by atoms with Crippen LogP contribution in [0.3, 0.4) is 0 Å². The number of aromatic nitrogens is 3. The van der Waals surface area contributed by atoms with Gasteiger partial charge in [-0.05, 0) is 67.2 Å². The number of likely N-dealkylation sites (N-methyl/N-ethyl adjacent to an activating group) is 1. The lowest BCUT2D eigenvalue weighted by molar-refractivity contribution is 0.306. The van der Waals surface area contributed by atoms with Crippen molar-refractivity contribution in [3.05, 3.63) is 109 Å². The van der Waals surface area contributed by atoms with Crippen molar-refractivity contribution in [2.24, 2.45) is 0 Å². The van der Waals surface area contributed by atoms with Crippen molar-refractivity contribution >= 4 is 28.5 Å². The van der Waals surface area contributed by atoms with Gasteiger partial charge >= 0.3 is 0 Å². The highest BCUT2D eigenvalue weighted by atomic mass is 16.5. The molecule has 0 saturated carbocycles. The van der Waals surface area contributed by atoms with Crippen LogP contribution in [0.25, 0.3) is 5.65 Å².